The minimum absolute atomic E-state index is 0.0476. The van der Waals surface area contributed by atoms with Crippen molar-refractivity contribution < 1.29 is 32.2 Å². The summed E-state index contributed by atoms with van der Waals surface area (Å²) < 4.78 is 52.2. The minimum Gasteiger partial charge on any atom is -0.493 e. The van der Waals surface area contributed by atoms with Crippen LogP contribution in [0.3, 0.4) is 0 Å². The van der Waals surface area contributed by atoms with Crippen molar-refractivity contribution in [2.45, 2.75) is 26.3 Å². The summed E-state index contributed by atoms with van der Waals surface area (Å²) >= 11 is 1.22. The number of nitrogens with one attached hydrogen (secondary N) is 1. The zero-order valence-electron chi connectivity index (χ0n) is 18.5. The molecule has 0 fully saturated rings. The Labute approximate surface area is 202 Å². The van der Waals surface area contributed by atoms with Crippen LogP contribution in [-0.2, 0) is 17.8 Å². The first-order valence-corrected chi connectivity index (χ1v) is 10.9. The zero-order valence-corrected chi connectivity index (χ0v) is 19.4. The fourth-order valence-corrected chi connectivity index (χ4v) is 3.49. The molecule has 35 heavy (non-hydrogen) atoms. The van der Waals surface area contributed by atoms with Gasteiger partial charge in [0.2, 0.25) is 5.13 Å². The summed E-state index contributed by atoms with van der Waals surface area (Å²) in [5, 5.41) is 20.8. The molecular weight excluding hydrogens is 485 g/mol. The van der Waals surface area contributed by atoms with E-state index < -0.39 is 12.3 Å². The van der Waals surface area contributed by atoms with Gasteiger partial charge in [0.15, 0.2) is 11.5 Å². The molecule has 0 aliphatic heterocycles. The van der Waals surface area contributed by atoms with Crippen molar-refractivity contribution in [1.82, 2.24) is 10.2 Å². The number of nitriles is 1. The second-order valence-corrected chi connectivity index (χ2v) is 7.93. The minimum atomic E-state index is -4.79. The molecular formula is C23H19F3N4O4S. The van der Waals surface area contributed by atoms with E-state index in [1.165, 1.54) is 42.7 Å². The molecule has 0 aliphatic rings. The maximum absolute atomic E-state index is 12.4. The number of aromatic nitrogens is 2. The van der Waals surface area contributed by atoms with E-state index >= 15 is 0 Å². The van der Waals surface area contributed by atoms with Crippen LogP contribution in [-0.4, -0.2) is 29.6 Å². The molecule has 0 unspecified atom stereocenters. The third-order valence-electron chi connectivity index (χ3n) is 4.38. The predicted molar refractivity (Wildman–Crippen MR) is 122 cm³/mol. The molecule has 1 heterocycles. The molecule has 1 amide bonds. The molecule has 0 bridgehead atoms. The number of anilines is 1. The molecule has 2 aromatic carbocycles. The third kappa shape index (κ3) is 7.44. The summed E-state index contributed by atoms with van der Waals surface area (Å²) in [4.78, 5) is 12.4. The highest BCUT2D eigenvalue weighted by Gasteiger charge is 2.31. The number of aryl methyl sites for hydroxylation is 1. The number of carbonyl (C=O) groups excluding carboxylic acids is 1. The number of hydrogen-bond donors (Lipinski definition) is 1. The van der Waals surface area contributed by atoms with Gasteiger partial charge < -0.3 is 14.2 Å². The van der Waals surface area contributed by atoms with Crippen LogP contribution in [0.2, 0.25) is 0 Å². The molecule has 0 atom stereocenters. The second-order valence-electron chi connectivity index (χ2n) is 6.87. The van der Waals surface area contributed by atoms with E-state index in [4.69, 9.17) is 9.47 Å². The van der Waals surface area contributed by atoms with Gasteiger partial charge in [-0.25, -0.2) is 0 Å². The van der Waals surface area contributed by atoms with E-state index in [0.717, 1.165) is 5.01 Å². The molecule has 3 rings (SSSR count). The molecule has 8 nitrogen and oxygen atoms in total. The zero-order chi connectivity index (χ0) is 25.4. The van der Waals surface area contributed by atoms with Gasteiger partial charge in [-0.1, -0.05) is 36.5 Å². The number of benzene rings is 2. The summed E-state index contributed by atoms with van der Waals surface area (Å²) in [6.45, 7) is 1.86. The van der Waals surface area contributed by atoms with Crippen LogP contribution < -0.4 is 19.5 Å². The van der Waals surface area contributed by atoms with Gasteiger partial charge in [0.1, 0.15) is 29.0 Å². The van der Waals surface area contributed by atoms with Crippen LogP contribution in [0.4, 0.5) is 18.3 Å². The Hall–Kier alpha value is -4.11. The number of amides is 1. The molecule has 3 aromatic rings. The fraction of sp³-hybridized carbons (Fsp3) is 0.217. The van der Waals surface area contributed by atoms with E-state index in [1.54, 1.807) is 24.3 Å². The summed E-state index contributed by atoms with van der Waals surface area (Å²) in [6.07, 6.45) is -2.74. The SMILES string of the molecule is CCc1nnc(NC(=O)/C(C#N)=C/c2ccc(OCc3cccc(OC(F)(F)F)c3)c(OC)c2)s1. The smallest absolute Gasteiger partial charge is 0.493 e. The van der Waals surface area contributed by atoms with Gasteiger partial charge in [0.25, 0.3) is 5.91 Å². The van der Waals surface area contributed by atoms with Gasteiger partial charge >= 0.3 is 6.36 Å². The van der Waals surface area contributed by atoms with Crippen LogP contribution >= 0.6 is 11.3 Å². The van der Waals surface area contributed by atoms with Crippen molar-refractivity contribution in [2.24, 2.45) is 0 Å². The molecule has 0 saturated carbocycles. The third-order valence-corrected chi connectivity index (χ3v) is 5.36. The average molecular weight is 504 g/mol. The molecule has 0 radical (unpaired) electrons. The standard InChI is InChI=1S/C23H19F3N4O4S/c1-3-20-29-30-22(35-20)28-21(31)16(12-27)9-14-7-8-18(19(11-14)32-2)33-13-15-5-4-6-17(10-15)34-23(24,25)26/h4-11H,3,13H2,1-2H3,(H,28,30,31)/b16-9+. The highest BCUT2D eigenvalue weighted by molar-refractivity contribution is 7.15. The lowest BCUT2D eigenvalue weighted by Gasteiger charge is -2.13. The van der Waals surface area contributed by atoms with Gasteiger partial charge in [-0.3, -0.25) is 10.1 Å². The number of hydrogen-bond acceptors (Lipinski definition) is 8. The largest absolute Gasteiger partial charge is 0.573 e. The van der Waals surface area contributed by atoms with Gasteiger partial charge in [-0.2, -0.15) is 5.26 Å². The lowest BCUT2D eigenvalue weighted by Crippen LogP contribution is -2.17. The Morgan fingerprint density at radius 2 is 2.00 bits per heavy atom. The number of carbonyl (C=O) groups is 1. The van der Waals surface area contributed by atoms with Crippen LogP contribution in [0.15, 0.2) is 48.0 Å². The van der Waals surface area contributed by atoms with Crippen molar-refractivity contribution in [3.8, 4) is 23.3 Å². The number of methoxy groups -OCH3 is 1. The number of ether oxygens (including phenoxy) is 3. The highest BCUT2D eigenvalue weighted by atomic mass is 32.1. The Morgan fingerprint density at radius 1 is 1.20 bits per heavy atom. The molecule has 1 N–H and O–H groups in total. The maximum Gasteiger partial charge on any atom is 0.573 e. The second kappa shape index (κ2) is 11.3. The van der Waals surface area contributed by atoms with Crippen LogP contribution in [0.1, 0.15) is 23.1 Å². The van der Waals surface area contributed by atoms with Crippen molar-refractivity contribution in [3.63, 3.8) is 0 Å². The molecule has 0 spiro atoms. The summed E-state index contributed by atoms with van der Waals surface area (Å²) in [5.41, 5.74) is 0.785. The molecule has 182 valence electrons. The van der Waals surface area contributed by atoms with Crippen LogP contribution in [0.5, 0.6) is 17.2 Å². The van der Waals surface area contributed by atoms with Gasteiger partial charge in [0.05, 0.1) is 7.11 Å². The summed E-state index contributed by atoms with van der Waals surface area (Å²) in [6, 6.07) is 12.0. The van der Waals surface area contributed by atoms with E-state index in [2.05, 4.69) is 20.3 Å². The van der Waals surface area contributed by atoms with Gasteiger partial charge in [0, 0.05) is 0 Å². The van der Waals surface area contributed by atoms with Crippen LogP contribution in [0.25, 0.3) is 6.08 Å². The molecule has 0 saturated heterocycles. The van der Waals surface area contributed by atoms with Crippen molar-refractivity contribution in [1.29, 1.82) is 5.26 Å². The maximum atomic E-state index is 12.4. The summed E-state index contributed by atoms with van der Waals surface area (Å²) in [5.74, 6) is -0.370. The lowest BCUT2D eigenvalue weighted by atomic mass is 10.1. The van der Waals surface area contributed by atoms with Gasteiger partial charge in [-0.05, 0) is 47.9 Å². The first-order chi connectivity index (χ1) is 16.7. The van der Waals surface area contributed by atoms with Crippen LogP contribution in [0, 0.1) is 11.3 Å². The highest BCUT2D eigenvalue weighted by Crippen LogP contribution is 2.30. The first kappa shape index (κ1) is 25.5. The van der Waals surface area contributed by atoms with Crippen molar-refractivity contribution in [3.05, 3.63) is 64.2 Å². The lowest BCUT2D eigenvalue weighted by molar-refractivity contribution is -0.274. The Balaban J connectivity index is 1.71. The quantitative estimate of drug-likeness (QED) is 0.318. The van der Waals surface area contributed by atoms with Crippen molar-refractivity contribution >= 4 is 28.5 Å². The Bertz CT molecular complexity index is 1270. The van der Waals surface area contributed by atoms with E-state index in [9.17, 15) is 23.2 Å². The molecule has 12 heteroatoms. The van der Waals surface area contributed by atoms with E-state index in [-0.39, 0.29) is 17.9 Å². The predicted octanol–water partition coefficient (Wildman–Crippen LogP) is 5.13. The average Bonchev–Trinajstić information content (AvgIpc) is 3.28. The fourth-order valence-electron chi connectivity index (χ4n) is 2.81. The molecule has 1 aromatic heterocycles. The van der Waals surface area contributed by atoms with E-state index in [0.29, 0.717) is 34.2 Å². The topological polar surface area (TPSA) is 106 Å². The van der Waals surface area contributed by atoms with E-state index in [1.807, 2.05) is 13.0 Å². The number of halogens is 3. The normalized spacial score (nSPS) is 11.5. The Morgan fingerprint density at radius 3 is 2.66 bits per heavy atom. The molecule has 0 aliphatic carbocycles. The van der Waals surface area contributed by atoms with Crippen molar-refractivity contribution in [2.75, 3.05) is 12.4 Å². The number of alkyl halides is 3. The Kier molecular flexibility index (Phi) is 8.27. The number of nitrogens with zero attached hydrogens (tertiary/aromatic N) is 3. The summed E-state index contributed by atoms with van der Waals surface area (Å²) in [7, 11) is 1.41. The van der Waals surface area contributed by atoms with Gasteiger partial charge in [-0.15, -0.1) is 23.4 Å². The monoisotopic (exact) mass is 504 g/mol. The first-order valence-electron chi connectivity index (χ1n) is 10.1. The number of rotatable bonds is 9.